The Morgan fingerprint density at radius 1 is 1.12 bits per heavy atom. The van der Waals surface area contributed by atoms with E-state index in [2.05, 4.69) is 9.69 Å². The second-order valence-corrected chi connectivity index (χ2v) is 8.28. The lowest BCUT2D eigenvalue weighted by Crippen LogP contribution is -2.41. The molecule has 0 spiro atoms. The van der Waals surface area contributed by atoms with E-state index in [1.54, 1.807) is 12.1 Å². The van der Waals surface area contributed by atoms with Crippen molar-refractivity contribution < 1.29 is 18.8 Å². The van der Waals surface area contributed by atoms with Crippen molar-refractivity contribution in [1.82, 2.24) is 14.6 Å². The van der Waals surface area contributed by atoms with Crippen LogP contribution in [0, 0.1) is 12.7 Å². The Labute approximate surface area is 194 Å². The summed E-state index contributed by atoms with van der Waals surface area (Å²) < 4.78 is 16.9. The number of hydrogen-bond acceptors (Lipinski definition) is 6. The summed E-state index contributed by atoms with van der Waals surface area (Å²) in [5.74, 6) is -2.10. The number of aromatic nitrogens is 1. The lowest BCUT2D eigenvalue weighted by atomic mass is 10.1. The Morgan fingerprint density at radius 2 is 1.85 bits per heavy atom. The third-order valence-corrected chi connectivity index (χ3v) is 5.78. The number of carbonyl (C=O) groups excluding carboxylic acids is 3. The molecule has 1 heterocycles. The van der Waals surface area contributed by atoms with Crippen LogP contribution >= 0.6 is 11.5 Å². The number of nitrogens with zero attached hydrogens (tertiary/aromatic N) is 2. The number of aryl methyl sites for hydroxylation is 1. The van der Waals surface area contributed by atoms with Crippen molar-refractivity contribution >= 4 is 34.9 Å². The van der Waals surface area contributed by atoms with Crippen molar-refractivity contribution in [3.8, 4) is 0 Å². The predicted molar refractivity (Wildman–Crippen MR) is 124 cm³/mol. The molecule has 0 radical (unpaired) electrons. The van der Waals surface area contributed by atoms with Gasteiger partial charge in [0, 0.05) is 13.1 Å². The number of nitrogens with one attached hydrogen (secondary N) is 1. The Balaban J connectivity index is 1.73. The Hall–Kier alpha value is -3.79. The summed E-state index contributed by atoms with van der Waals surface area (Å²) in [5, 5.41) is 2.73. The van der Waals surface area contributed by atoms with E-state index >= 15 is 0 Å². The molecule has 0 saturated carbocycles. The molecule has 0 atom stereocenters. The van der Waals surface area contributed by atoms with Gasteiger partial charge in [-0.05, 0) is 48.1 Å². The number of nitrogen functional groups attached to an aromatic ring is 1. The van der Waals surface area contributed by atoms with Gasteiger partial charge in [0.05, 0.1) is 12.2 Å². The van der Waals surface area contributed by atoms with Crippen molar-refractivity contribution in [2.75, 3.05) is 18.8 Å². The molecule has 0 unspecified atom stereocenters. The van der Waals surface area contributed by atoms with E-state index in [0.29, 0.717) is 6.42 Å². The summed E-state index contributed by atoms with van der Waals surface area (Å²) >= 11 is 0.769. The predicted octanol–water partition coefficient (Wildman–Crippen LogP) is 2.27. The minimum Gasteiger partial charge on any atom is -0.395 e. The van der Waals surface area contributed by atoms with Crippen molar-refractivity contribution in [1.29, 1.82) is 0 Å². The van der Waals surface area contributed by atoms with Crippen LogP contribution in [0.5, 0.6) is 0 Å². The average molecular weight is 470 g/mol. The monoisotopic (exact) mass is 469 g/mol. The molecular weight excluding hydrogens is 445 g/mol. The second-order valence-electron chi connectivity index (χ2n) is 7.51. The van der Waals surface area contributed by atoms with Gasteiger partial charge in [-0.15, -0.1) is 0 Å². The topological polar surface area (TPSA) is 131 Å². The lowest BCUT2D eigenvalue weighted by Gasteiger charge is -2.22. The standard InChI is InChI=1S/C23H24FN5O3S/c1-14-3-2-4-15(11-14)9-10-29(23(32)21-19(25)20(22(26)31)28-33-21)13-18(30)27-12-16-5-7-17(24)8-6-16/h2-8,11H,9-10,12-13,25H2,1H3,(H2,26,31)(H,27,30). The van der Waals surface area contributed by atoms with E-state index in [-0.39, 0.29) is 41.7 Å². The molecule has 172 valence electrons. The highest BCUT2D eigenvalue weighted by Gasteiger charge is 2.26. The number of rotatable bonds is 9. The number of anilines is 1. The van der Waals surface area contributed by atoms with E-state index in [1.807, 2.05) is 31.2 Å². The fourth-order valence-corrected chi connectivity index (χ4v) is 3.96. The number of benzene rings is 2. The molecule has 0 aliphatic heterocycles. The maximum Gasteiger partial charge on any atom is 0.270 e. The number of amides is 3. The van der Waals surface area contributed by atoms with E-state index in [4.69, 9.17) is 11.5 Å². The molecule has 2 aromatic carbocycles. The summed E-state index contributed by atoms with van der Waals surface area (Å²) in [4.78, 5) is 38.7. The van der Waals surface area contributed by atoms with Crippen LogP contribution in [0.4, 0.5) is 10.1 Å². The summed E-state index contributed by atoms with van der Waals surface area (Å²) in [6.07, 6.45) is 0.514. The van der Waals surface area contributed by atoms with Gasteiger partial charge in [-0.1, -0.05) is 42.0 Å². The number of halogens is 1. The lowest BCUT2D eigenvalue weighted by molar-refractivity contribution is -0.122. The quantitative estimate of drug-likeness (QED) is 0.442. The molecule has 3 aromatic rings. The number of primary amides is 1. The van der Waals surface area contributed by atoms with Gasteiger partial charge in [0.15, 0.2) is 5.69 Å². The van der Waals surface area contributed by atoms with Gasteiger partial charge in [0.25, 0.3) is 11.8 Å². The van der Waals surface area contributed by atoms with Crippen LogP contribution < -0.4 is 16.8 Å². The minimum atomic E-state index is -0.828. The van der Waals surface area contributed by atoms with Gasteiger partial charge in [0.1, 0.15) is 10.7 Å². The zero-order chi connectivity index (χ0) is 24.0. The molecule has 3 rings (SSSR count). The van der Waals surface area contributed by atoms with Crippen molar-refractivity contribution in [3.05, 3.63) is 81.6 Å². The average Bonchev–Trinajstić information content (AvgIpc) is 3.17. The largest absolute Gasteiger partial charge is 0.395 e. The van der Waals surface area contributed by atoms with Crippen LogP contribution in [0.25, 0.3) is 0 Å². The van der Waals surface area contributed by atoms with E-state index < -0.39 is 17.7 Å². The first-order valence-electron chi connectivity index (χ1n) is 10.2. The van der Waals surface area contributed by atoms with E-state index in [9.17, 15) is 18.8 Å². The molecule has 33 heavy (non-hydrogen) atoms. The second kappa shape index (κ2) is 10.7. The molecular formula is C23H24FN5O3S. The van der Waals surface area contributed by atoms with E-state index in [1.165, 1.54) is 17.0 Å². The van der Waals surface area contributed by atoms with Crippen molar-refractivity contribution in [3.63, 3.8) is 0 Å². The van der Waals surface area contributed by atoms with Crippen LogP contribution in [-0.2, 0) is 17.8 Å². The molecule has 0 aliphatic carbocycles. The van der Waals surface area contributed by atoms with Crippen molar-refractivity contribution in [2.24, 2.45) is 5.73 Å². The molecule has 10 heteroatoms. The normalized spacial score (nSPS) is 10.6. The van der Waals surface area contributed by atoms with Gasteiger partial charge in [-0.3, -0.25) is 14.4 Å². The molecule has 0 aliphatic rings. The summed E-state index contributed by atoms with van der Waals surface area (Å²) in [5.41, 5.74) is 13.7. The van der Waals surface area contributed by atoms with Gasteiger partial charge in [-0.25, -0.2) is 4.39 Å². The van der Waals surface area contributed by atoms with Gasteiger partial charge in [-0.2, -0.15) is 4.37 Å². The Bertz CT molecular complexity index is 1160. The first kappa shape index (κ1) is 23.9. The first-order chi connectivity index (χ1) is 15.7. The van der Waals surface area contributed by atoms with Crippen LogP contribution in [-0.4, -0.2) is 40.1 Å². The zero-order valence-corrected chi connectivity index (χ0v) is 18.8. The maximum atomic E-state index is 13.2. The van der Waals surface area contributed by atoms with Gasteiger partial charge in [0.2, 0.25) is 5.91 Å². The molecule has 0 saturated heterocycles. The summed E-state index contributed by atoms with van der Waals surface area (Å²) in [6.45, 7) is 2.18. The SMILES string of the molecule is Cc1cccc(CCN(CC(=O)NCc2ccc(F)cc2)C(=O)c2snc(C(N)=O)c2N)c1. The highest BCUT2D eigenvalue weighted by molar-refractivity contribution is 7.09. The van der Waals surface area contributed by atoms with Gasteiger partial charge >= 0.3 is 0 Å². The van der Waals surface area contributed by atoms with Crippen LogP contribution in [0.15, 0.2) is 48.5 Å². The zero-order valence-electron chi connectivity index (χ0n) is 18.0. The van der Waals surface area contributed by atoms with Crippen LogP contribution in [0.3, 0.4) is 0 Å². The Morgan fingerprint density at radius 3 is 2.48 bits per heavy atom. The molecule has 5 N–H and O–H groups in total. The molecule has 8 nitrogen and oxygen atoms in total. The van der Waals surface area contributed by atoms with E-state index in [0.717, 1.165) is 28.2 Å². The van der Waals surface area contributed by atoms with Crippen LogP contribution in [0.2, 0.25) is 0 Å². The molecule has 1 aromatic heterocycles. The van der Waals surface area contributed by atoms with Crippen molar-refractivity contribution in [2.45, 2.75) is 19.9 Å². The molecule has 3 amide bonds. The van der Waals surface area contributed by atoms with Gasteiger partial charge < -0.3 is 21.7 Å². The van der Waals surface area contributed by atoms with Crippen LogP contribution in [0.1, 0.15) is 36.9 Å². The fraction of sp³-hybridized carbons (Fsp3) is 0.217. The number of hydrogen-bond donors (Lipinski definition) is 3. The number of carbonyl (C=O) groups is 3. The third-order valence-electron chi connectivity index (χ3n) is 4.93. The Kier molecular flexibility index (Phi) is 7.73. The maximum absolute atomic E-state index is 13.2. The molecule has 0 bridgehead atoms. The molecule has 0 fully saturated rings. The fourth-order valence-electron chi connectivity index (χ4n) is 3.19. The third kappa shape index (κ3) is 6.36. The minimum absolute atomic E-state index is 0.0550. The highest BCUT2D eigenvalue weighted by atomic mass is 32.1. The summed E-state index contributed by atoms with van der Waals surface area (Å²) in [7, 11) is 0. The first-order valence-corrected chi connectivity index (χ1v) is 10.9. The smallest absolute Gasteiger partial charge is 0.270 e. The highest BCUT2D eigenvalue weighted by Crippen LogP contribution is 2.23. The number of nitrogens with two attached hydrogens (primary N) is 2. The summed E-state index contributed by atoms with van der Waals surface area (Å²) in [6, 6.07) is 13.6.